The van der Waals surface area contributed by atoms with Crippen LogP contribution in [0.3, 0.4) is 0 Å². The van der Waals surface area contributed by atoms with Gasteiger partial charge in [0.2, 0.25) is 5.82 Å². The van der Waals surface area contributed by atoms with Gasteiger partial charge >= 0.3 is 0 Å². The van der Waals surface area contributed by atoms with Gasteiger partial charge in [0, 0.05) is 35.5 Å². The zero-order valence-corrected chi connectivity index (χ0v) is 14.8. The third-order valence-corrected chi connectivity index (χ3v) is 4.56. The molecule has 1 aliphatic rings. The summed E-state index contributed by atoms with van der Waals surface area (Å²) < 4.78 is 11.4. The molecule has 0 amide bonds. The fraction of sp³-hybridized carbons (Fsp3) is 0.350. The molecule has 1 N–H and O–H groups in total. The Labute approximate surface area is 152 Å². The van der Waals surface area contributed by atoms with E-state index < -0.39 is 0 Å². The van der Waals surface area contributed by atoms with Crippen LogP contribution in [-0.4, -0.2) is 34.8 Å². The zero-order chi connectivity index (χ0) is 17.8. The summed E-state index contributed by atoms with van der Waals surface area (Å²) in [5.74, 6) is 2.40. The molecule has 2 aromatic heterocycles. The molecule has 3 aromatic rings. The van der Waals surface area contributed by atoms with Gasteiger partial charge in [-0.3, -0.25) is 4.98 Å². The molecule has 3 heterocycles. The molecule has 0 spiro atoms. The molecule has 1 atom stereocenters. The van der Waals surface area contributed by atoms with Crippen molar-refractivity contribution in [1.82, 2.24) is 20.4 Å². The summed E-state index contributed by atoms with van der Waals surface area (Å²) in [5, 5.41) is 7.48. The maximum Gasteiger partial charge on any atom is 0.258 e. The first kappa shape index (κ1) is 16.7. The SMILES string of the molecule is Cc1ccc(-c2noc(-c3cccc(OCC4CCCNC4)c3)n2)cn1. The smallest absolute Gasteiger partial charge is 0.258 e. The summed E-state index contributed by atoms with van der Waals surface area (Å²) in [4.78, 5) is 8.76. The van der Waals surface area contributed by atoms with Crippen LogP contribution in [0.1, 0.15) is 18.5 Å². The van der Waals surface area contributed by atoms with Crippen LogP contribution in [0.25, 0.3) is 22.8 Å². The number of piperidine rings is 1. The predicted molar refractivity (Wildman–Crippen MR) is 98.8 cm³/mol. The Morgan fingerprint density at radius 1 is 1.23 bits per heavy atom. The summed E-state index contributed by atoms with van der Waals surface area (Å²) in [7, 11) is 0. The number of ether oxygens (including phenoxy) is 1. The highest BCUT2D eigenvalue weighted by molar-refractivity contribution is 5.60. The lowest BCUT2D eigenvalue weighted by atomic mass is 10.0. The Morgan fingerprint density at radius 3 is 3.00 bits per heavy atom. The fourth-order valence-electron chi connectivity index (χ4n) is 3.06. The average molecular weight is 350 g/mol. The minimum Gasteiger partial charge on any atom is -0.493 e. The van der Waals surface area contributed by atoms with Gasteiger partial charge in [-0.05, 0) is 56.6 Å². The average Bonchev–Trinajstić information content (AvgIpc) is 3.18. The van der Waals surface area contributed by atoms with Gasteiger partial charge in [0.15, 0.2) is 0 Å². The highest BCUT2D eigenvalue weighted by Gasteiger charge is 2.15. The molecule has 1 unspecified atom stereocenters. The van der Waals surface area contributed by atoms with Crippen molar-refractivity contribution >= 4 is 0 Å². The second-order valence-corrected chi connectivity index (χ2v) is 6.66. The highest BCUT2D eigenvalue weighted by Crippen LogP contribution is 2.25. The van der Waals surface area contributed by atoms with E-state index in [1.165, 1.54) is 12.8 Å². The molecule has 0 saturated carbocycles. The Morgan fingerprint density at radius 2 is 2.19 bits per heavy atom. The molecule has 6 heteroatoms. The normalized spacial score (nSPS) is 17.2. The Hall–Kier alpha value is -2.73. The van der Waals surface area contributed by atoms with Gasteiger partial charge in [0.05, 0.1) is 6.61 Å². The van der Waals surface area contributed by atoms with Crippen LogP contribution in [0.2, 0.25) is 0 Å². The van der Waals surface area contributed by atoms with Gasteiger partial charge in [-0.15, -0.1) is 0 Å². The fourth-order valence-corrected chi connectivity index (χ4v) is 3.06. The van der Waals surface area contributed by atoms with Crippen LogP contribution in [-0.2, 0) is 0 Å². The van der Waals surface area contributed by atoms with Gasteiger partial charge in [-0.25, -0.2) is 0 Å². The number of hydrogen-bond donors (Lipinski definition) is 1. The molecular weight excluding hydrogens is 328 g/mol. The number of pyridine rings is 1. The van der Waals surface area contributed by atoms with Gasteiger partial charge in [0.1, 0.15) is 5.75 Å². The molecule has 1 fully saturated rings. The van der Waals surface area contributed by atoms with Gasteiger partial charge in [0.25, 0.3) is 5.89 Å². The first-order valence-electron chi connectivity index (χ1n) is 8.98. The third-order valence-electron chi connectivity index (χ3n) is 4.56. The van der Waals surface area contributed by atoms with Crippen LogP contribution in [0.5, 0.6) is 5.75 Å². The molecule has 134 valence electrons. The van der Waals surface area contributed by atoms with E-state index in [0.717, 1.165) is 42.3 Å². The topological polar surface area (TPSA) is 73.1 Å². The summed E-state index contributed by atoms with van der Waals surface area (Å²) in [5.41, 5.74) is 2.64. The Balaban J connectivity index is 1.47. The van der Waals surface area contributed by atoms with E-state index in [1.54, 1.807) is 6.20 Å². The number of rotatable bonds is 5. The number of nitrogens with zero attached hydrogens (tertiary/aromatic N) is 3. The Kier molecular flexibility index (Phi) is 4.93. The quantitative estimate of drug-likeness (QED) is 0.759. The molecule has 0 bridgehead atoms. The van der Waals surface area contributed by atoms with E-state index in [1.807, 2.05) is 43.3 Å². The summed E-state index contributed by atoms with van der Waals surface area (Å²) >= 11 is 0. The minimum atomic E-state index is 0.477. The summed E-state index contributed by atoms with van der Waals surface area (Å²) in [6, 6.07) is 11.7. The molecule has 0 aliphatic carbocycles. The molecule has 26 heavy (non-hydrogen) atoms. The number of nitrogens with one attached hydrogen (secondary N) is 1. The third kappa shape index (κ3) is 3.91. The first-order chi connectivity index (χ1) is 12.8. The van der Waals surface area contributed by atoms with Crippen molar-refractivity contribution in [2.75, 3.05) is 19.7 Å². The molecule has 1 aliphatic heterocycles. The maximum atomic E-state index is 5.97. The lowest BCUT2D eigenvalue weighted by Gasteiger charge is -2.22. The number of hydrogen-bond acceptors (Lipinski definition) is 6. The molecule has 1 saturated heterocycles. The second-order valence-electron chi connectivity index (χ2n) is 6.66. The zero-order valence-electron chi connectivity index (χ0n) is 14.8. The largest absolute Gasteiger partial charge is 0.493 e. The van der Waals surface area contributed by atoms with Crippen molar-refractivity contribution < 1.29 is 9.26 Å². The number of aryl methyl sites for hydroxylation is 1. The monoisotopic (exact) mass is 350 g/mol. The van der Waals surface area contributed by atoms with Crippen LogP contribution in [0.15, 0.2) is 47.1 Å². The van der Waals surface area contributed by atoms with Gasteiger partial charge in [-0.1, -0.05) is 11.2 Å². The van der Waals surface area contributed by atoms with Crippen LogP contribution < -0.4 is 10.1 Å². The molecule has 6 nitrogen and oxygen atoms in total. The molecule has 1 aromatic carbocycles. The van der Waals surface area contributed by atoms with Gasteiger partial charge < -0.3 is 14.6 Å². The second kappa shape index (κ2) is 7.66. The van der Waals surface area contributed by atoms with E-state index in [2.05, 4.69) is 20.4 Å². The van der Waals surface area contributed by atoms with Crippen LogP contribution >= 0.6 is 0 Å². The van der Waals surface area contributed by atoms with Crippen molar-refractivity contribution in [3.8, 4) is 28.6 Å². The number of aromatic nitrogens is 3. The molecule has 0 radical (unpaired) electrons. The van der Waals surface area contributed by atoms with Crippen molar-refractivity contribution in [2.45, 2.75) is 19.8 Å². The molecular formula is C20H22N4O2. The standard InChI is InChI=1S/C20H22N4O2/c1-14-7-8-17(12-22-14)19-23-20(26-24-19)16-5-2-6-18(10-16)25-13-15-4-3-9-21-11-15/h2,5-8,10,12,15,21H,3-4,9,11,13H2,1H3. The lowest BCUT2D eigenvalue weighted by Crippen LogP contribution is -2.33. The van der Waals surface area contributed by atoms with E-state index in [0.29, 0.717) is 17.6 Å². The summed E-state index contributed by atoms with van der Waals surface area (Å²) in [6.45, 7) is 4.81. The van der Waals surface area contributed by atoms with Crippen molar-refractivity contribution in [3.63, 3.8) is 0 Å². The lowest BCUT2D eigenvalue weighted by molar-refractivity contribution is 0.218. The molecule has 4 rings (SSSR count). The first-order valence-corrected chi connectivity index (χ1v) is 8.98. The number of benzene rings is 1. The van der Waals surface area contributed by atoms with Crippen molar-refractivity contribution in [3.05, 3.63) is 48.3 Å². The van der Waals surface area contributed by atoms with E-state index in [9.17, 15) is 0 Å². The predicted octanol–water partition coefficient (Wildman–Crippen LogP) is 3.49. The van der Waals surface area contributed by atoms with Gasteiger partial charge in [-0.2, -0.15) is 4.98 Å². The van der Waals surface area contributed by atoms with E-state index >= 15 is 0 Å². The maximum absolute atomic E-state index is 5.97. The van der Waals surface area contributed by atoms with Crippen molar-refractivity contribution in [2.24, 2.45) is 5.92 Å². The summed E-state index contributed by atoms with van der Waals surface area (Å²) in [6.07, 6.45) is 4.18. The minimum absolute atomic E-state index is 0.477. The Bertz CT molecular complexity index is 854. The van der Waals surface area contributed by atoms with E-state index in [4.69, 9.17) is 9.26 Å². The highest BCUT2D eigenvalue weighted by atomic mass is 16.5. The van der Waals surface area contributed by atoms with Crippen molar-refractivity contribution in [1.29, 1.82) is 0 Å². The van der Waals surface area contributed by atoms with Crippen LogP contribution in [0, 0.1) is 12.8 Å². The van der Waals surface area contributed by atoms with E-state index in [-0.39, 0.29) is 0 Å². The van der Waals surface area contributed by atoms with Crippen LogP contribution in [0.4, 0.5) is 0 Å².